The number of carbonyl (C=O) groups excluding carboxylic acids is 6. The monoisotopic (exact) mass is 945 g/mol. The van der Waals surface area contributed by atoms with Gasteiger partial charge >= 0.3 is 0 Å². The van der Waals surface area contributed by atoms with Crippen LogP contribution in [0, 0.1) is 0 Å². The van der Waals surface area contributed by atoms with Crippen LogP contribution in [-0.4, -0.2) is 34.7 Å². The maximum absolute atomic E-state index is 15.3. The molecule has 0 saturated carbocycles. The van der Waals surface area contributed by atoms with Gasteiger partial charge in [0.2, 0.25) is 0 Å². The fourth-order valence-corrected chi connectivity index (χ4v) is 9.17. The third kappa shape index (κ3) is 9.42. The van der Waals surface area contributed by atoms with Gasteiger partial charge in [-0.05, 0) is 35.4 Å². The quantitative estimate of drug-likeness (QED) is 0.0888. The molecule has 0 fully saturated rings. The summed E-state index contributed by atoms with van der Waals surface area (Å²) < 4.78 is 0. The Kier molecular flexibility index (Phi) is 13.4. The van der Waals surface area contributed by atoms with E-state index < -0.39 is 23.1 Å². The molecular weight excluding hydrogens is 903 g/mol. The van der Waals surface area contributed by atoms with Crippen LogP contribution >= 0.6 is 0 Å². The Hall–Kier alpha value is -9.98. The van der Waals surface area contributed by atoms with Crippen molar-refractivity contribution in [2.24, 2.45) is 0 Å². The molecule has 10 rings (SSSR count). The lowest BCUT2D eigenvalue weighted by Gasteiger charge is -2.31. The molecule has 0 aliphatic carbocycles. The molecule has 0 bridgehead atoms. The Bertz CT molecular complexity index is 3540. The van der Waals surface area contributed by atoms with E-state index in [9.17, 15) is 19.2 Å². The molecular formula is C66H43NO6. The van der Waals surface area contributed by atoms with Crippen LogP contribution in [0.25, 0.3) is 11.1 Å². The Labute approximate surface area is 422 Å². The van der Waals surface area contributed by atoms with E-state index in [2.05, 4.69) is 0 Å². The molecule has 7 nitrogen and oxygen atoms in total. The Morgan fingerprint density at radius 1 is 0.233 bits per heavy atom. The van der Waals surface area contributed by atoms with Gasteiger partial charge in [0, 0.05) is 61.3 Å². The van der Waals surface area contributed by atoms with E-state index in [1.54, 1.807) is 229 Å². The smallest absolute Gasteiger partial charge is 0.195 e. The highest BCUT2D eigenvalue weighted by atomic mass is 16.1. The van der Waals surface area contributed by atoms with Crippen LogP contribution in [0.1, 0.15) is 95.5 Å². The van der Waals surface area contributed by atoms with Gasteiger partial charge in [0.1, 0.15) is 0 Å². The second-order valence-electron chi connectivity index (χ2n) is 17.2. The van der Waals surface area contributed by atoms with E-state index in [0.29, 0.717) is 50.2 Å². The van der Waals surface area contributed by atoms with Crippen molar-refractivity contribution in [2.45, 2.75) is 0 Å². The molecule has 0 N–H and O–H groups in total. The zero-order valence-electron chi connectivity index (χ0n) is 39.2. The first-order valence-electron chi connectivity index (χ1n) is 23.7. The topological polar surface area (TPSA) is 106 Å². The SMILES string of the molecule is O=C(c1ccccc1)c1cccc(-c2ccc(N(c3cccc(C(=O)c4ccccc4)c3C(=O)c3ccccc3)c3cccc(C(=O)c4ccccc4)c3C(=O)c3ccccc3)cc2)c1C(=O)c1ccccc1. The number of carbonyl (C=O) groups is 6. The van der Waals surface area contributed by atoms with Crippen LogP contribution in [0.4, 0.5) is 17.1 Å². The number of anilines is 3. The lowest BCUT2D eigenvalue weighted by molar-refractivity contribution is 0.100. The number of hydrogen-bond acceptors (Lipinski definition) is 7. The molecule has 0 radical (unpaired) electrons. The van der Waals surface area contributed by atoms with E-state index in [1.165, 1.54) is 0 Å². The van der Waals surface area contributed by atoms with Crippen molar-refractivity contribution in [3.05, 3.63) is 328 Å². The van der Waals surface area contributed by atoms with Crippen LogP contribution in [0.15, 0.2) is 261 Å². The summed E-state index contributed by atoms with van der Waals surface area (Å²) in [4.78, 5) is 90.8. The fourth-order valence-electron chi connectivity index (χ4n) is 9.17. The fraction of sp³-hybridized carbons (Fsp3) is 0. The van der Waals surface area contributed by atoms with Gasteiger partial charge in [-0.15, -0.1) is 0 Å². The minimum Gasteiger partial charge on any atom is -0.309 e. The number of rotatable bonds is 16. The third-order valence-corrected chi connectivity index (χ3v) is 12.7. The first-order valence-corrected chi connectivity index (χ1v) is 23.7. The first-order chi connectivity index (χ1) is 35.8. The average Bonchev–Trinajstić information content (AvgIpc) is 3.47. The molecule has 0 aromatic heterocycles. The molecule has 0 heterocycles. The third-order valence-electron chi connectivity index (χ3n) is 12.7. The Morgan fingerprint density at radius 3 is 0.836 bits per heavy atom. The van der Waals surface area contributed by atoms with Crippen molar-refractivity contribution in [1.29, 1.82) is 0 Å². The molecule has 0 spiro atoms. The standard InChI is InChI=1S/C66H43NO6/c68-61(45-22-7-1-8-23-45)53-35-19-34-52(58(53)64(71)48-28-13-4-14-29-48)44-40-42-51(43-41-44)67(56-38-20-36-54(62(69)46-24-9-2-10-25-46)59(56)65(72)49-30-15-5-16-31-49)57-39-21-37-55(63(70)47-26-11-3-12-27-47)60(57)66(73)50-32-17-6-18-33-50/h1-43H. The second-order valence-corrected chi connectivity index (χ2v) is 17.2. The summed E-state index contributed by atoms with van der Waals surface area (Å²) in [6.07, 6.45) is 0. The van der Waals surface area contributed by atoms with Crippen molar-refractivity contribution >= 4 is 51.8 Å². The highest BCUT2D eigenvalue weighted by molar-refractivity contribution is 6.26. The zero-order chi connectivity index (χ0) is 50.3. The lowest BCUT2D eigenvalue weighted by Crippen LogP contribution is -2.22. The van der Waals surface area contributed by atoms with Gasteiger partial charge in [0.15, 0.2) is 34.7 Å². The molecule has 10 aromatic carbocycles. The van der Waals surface area contributed by atoms with Crippen LogP contribution in [0.2, 0.25) is 0 Å². The molecule has 0 saturated heterocycles. The summed E-state index contributed by atoms with van der Waals surface area (Å²) in [5.74, 6) is -2.35. The largest absolute Gasteiger partial charge is 0.309 e. The second kappa shape index (κ2) is 20.9. The predicted molar refractivity (Wildman–Crippen MR) is 286 cm³/mol. The van der Waals surface area contributed by atoms with Crippen LogP contribution in [0.3, 0.4) is 0 Å². The van der Waals surface area contributed by atoms with Gasteiger partial charge in [-0.2, -0.15) is 0 Å². The minimum atomic E-state index is -0.450. The first kappa shape index (κ1) is 46.7. The van der Waals surface area contributed by atoms with Gasteiger partial charge in [-0.1, -0.05) is 237 Å². The lowest BCUT2D eigenvalue weighted by atomic mass is 9.87. The predicted octanol–water partition coefficient (Wildman–Crippen LogP) is 14.2. The van der Waals surface area contributed by atoms with Crippen LogP contribution in [-0.2, 0) is 0 Å². The molecule has 0 aliphatic rings. The van der Waals surface area contributed by atoms with Crippen molar-refractivity contribution in [2.75, 3.05) is 4.90 Å². The average molecular weight is 946 g/mol. The highest BCUT2D eigenvalue weighted by Gasteiger charge is 2.32. The molecule has 0 amide bonds. The van der Waals surface area contributed by atoms with Gasteiger partial charge in [-0.25, -0.2) is 0 Å². The summed E-state index contributed by atoms with van der Waals surface area (Å²) in [7, 11) is 0. The molecule has 0 aliphatic heterocycles. The maximum atomic E-state index is 15.3. The molecule has 0 atom stereocenters. The molecule has 7 heteroatoms. The number of benzene rings is 10. The number of nitrogens with zero attached hydrogens (tertiary/aromatic N) is 1. The highest BCUT2D eigenvalue weighted by Crippen LogP contribution is 2.44. The summed E-state index contributed by atoms with van der Waals surface area (Å²) in [5, 5.41) is 0. The number of hydrogen-bond donors (Lipinski definition) is 0. The van der Waals surface area contributed by atoms with Gasteiger partial charge in [0.25, 0.3) is 0 Å². The van der Waals surface area contributed by atoms with E-state index in [-0.39, 0.29) is 56.3 Å². The van der Waals surface area contributed by atoms with Gasteiger partial charge < -0.3 is 4.90 Å². The number of ketones is 6. The van der Waals surface area contributed by atoms with E-state index in [0.717, 1.165) is 0 Å². The molecule has 348 valence electrons. The van der Waals surface area contributed by atoms with E-state index >= 15 is 9.59 Å². The van der Waals surface area contributed by atoms with Crippen molar-refractivity contribution < 1.29 is 28.8 Å². The van der Waals surface area contributed by atoms with Crippen LogP contribution < -0.4 is 4.90 Å². The van der Waals surface area contributed by atoms with Crippen molar-refractivity contribution in [1.82, 2.24) is 0 Å². The van der Waals surface area contributed by atoms with Gasteiger partial charge in [-0.3, -0.25) is 28.8 Å². The summed E-state index contributed by atoms with van der Waals surface area (Å²) in [5.41, 5.74) is 5.06. The van der Waals surface area contributed by atoms with Gasteiger partial charge in [0.05, 0.1) is 22.5 Å². The zero-order valence-corrected chi connectivity index (χ0v) is 39.2. The summed E-state index contributed by atoms with van der Waals surface area (Å²) in [6.45, 7) is 0. The minimum absolute atomic E-state index is 0.0624. The Balaban J connectivity index is 1.24. The van der Waals surface area contributed by atoms with Crippen molar-refractivity contribution in [3.8, 4) is 11.1 Å². The molecule has 10 aromatic rings. The normalized spacial score (nSPS) is 10.8. The molecule has 0 unspecified atom stereocenters. The van der Waals surface area contributed by atoms with Crippen molar-refractivity contribution in [3.63, 3.8) is 0 Å². The molecule has 73 heavy (non-hydrogen) atoms. The maximum Gasteiger partial charge on any atom is 0.195 e. The summed E-state index contributed by atoms with van der Waals surface area (Å²) in [6, 6.07) is 74.9. The Morgan fingerprint density at radius 2 is 0.507 bits per heavy atom. The van der Waals surface area contributed by atoms with E-state index in [4.69, 9.17) is 0 Å². The summed E-state index contributed by atoms with van der Waals surface area (Å²) >= 11 is 0. The van der Waals surface area contributed by atoms with E-state index in [1.807, 2.05) is 36.4 Å². The van der Waals surface area contributed by atoms with Crippen LogP contribution in [0.5, 0.6) is 0 Å².